The molecule has 5 rings (SSSR count). The molecule has 0 aliphatic carbocycles. The number of nitrogens with zero attached hydrogens (tertiary/aromatic N) is 4. The molecule has 11 heteroatoms. The number of anilines is 1. The van der Waals surface area contributed by atoms with Gasteiger partial charge >= 0.3 is 5.69 Å². The van der Waals surface area contributed by atoms with E-state index in [2.05, 4.69) is 30.4 Å². The van der Waals surface area contributed by atoms with Crippen molar-refractivity contribution in [3.05, 3.63) is 64.8 Å². The number of imidazole rings is 1. The molecule has 1 fully saturated rings. The van der Waals surface area contributed by atoms with Crippen molar-refractivity contribution >= 4 is 34.4 Å². The minimum Gasteiger partial charge on any atom is -0.379 e. The van der Waals surface area contributed by atoms with Crippen molar-refractivity contribution in [3.63, 3.8) is 0 Å². The van der Waals surface area contributed by atoms with Gasteiger partial charge in [-0.05, 0) is 30.3 Å². The maximum Gasteiger partial charge on any atom is 0.323 e. The molecule has 170 valence electrons. The normalized spacial score (nSPS) is 14.5. The van der Waals surface area contributed by atoms with Gasteiger partial charge in [0.1, 0.15) is 0 Å². The number of morpholine rings is 1. The number of thioether (sulfide) groups is 1. The SMILES string of the molecule is O=C(CSc1nnc(CN2CCOCC2)n1-c1ccccc1)Nc1ccc2[nH]c(=O)[nH]c2c1. The van der Waals surface area contributed by atoms with E-state index in [4.69, 9.17) is 4.74 Å². The first-order valence-electron chi connectivity index (χ1n) is 10.6. The van der Waals surface area contributed by atoms with E-state index in [1.807, 2.05) is 34.9 Å². The predicted octanol–water partition coefficient (Wildman–Crippen LogP) is 2.00. The Bertz CT molecular complexity index is 1310. The van der Waals surface area contributed by atoms with Gasteiger partial charge in [-0.25, -0.2) is 4.79 Å². The zero-order chi connectivity index (χ0) is 22.6. The molecule has 1 saturated heterocycles. The van der Waals surface area contributed by atoms with Crippen molar-refractivity contribution in [1.82, 2.24) is 29.6 Å². The molecule has 0 radical (unpaired) electrons. The first kappa shape index (κ1) is 21.4. The second kappa shape index (κ2) is 9.61. The number of ether oxygens (including phenoxy) is 1. The number of para-hydroxylation sites is 1. The summed E-state index contributed by atoms with van der Waals surface area (Å²) in [7, 11) is 0. The Balaban J connectivity index is 1.30. The lowest BCUT2D eigenvalue weighted by atomic mass is 10.3. The van der Waals surface area contributed by atoms with Crippen LogP contribution < -0.4 is 11.0 Å². The highest BCUT2D eigenvalue weighted by atomic mass is 32.2. The van der Waals surface area contributed by atoms with Crippen LogP contribution in [0.1, 0.15) is 5.82 Å². The second-order valence-corrected chi connectivity index (χ2v) is 8.58. The van der Waals surface area contributed by atoms with Gasteiger partial charge in [-0.1, -0.05) is 30.0 Å². The molecule has 4 aromatic rings. The van der Waals surface area contributed by atoms with E-state index in [1.54, 1.807) is 18.2 Å². The Kier molecular flexibility index (Phi) is 6.24. The maximum atomic E-state index is 12.6. The zero-order valence-corrected chi connectivity index (χ0v) is 18.6. The van der Waals surface area contributed by atoms with Crippen molar-refractivity contribution in [2.75, 3.05) is 37.4 Å². The Labute approximate surface area is 193 Å². The number of hydrogen-bond acceptors (Lipinski definition) is 7. The van der Waals surface area contributed by atoms with Crippen molar-refractivity contribution in [3.8, 4) is 5.69 Å². The Morgan fingerprint density at radius 1 is 1.06 bits per heavy atom. The average molecular weight is 466 g/mol. The van der Waals surface area contributed by atoms with Crippen LogP contribution in [-0.2, 0) is 16.1 Å². The molecule has 0 spiro atoms. The van der Waals surface area contributed by atoms with Crippen molar-refractivity contribution in [1.29, 1.82) is 0 Å². The highest BCUT2D eigenvalue weighted by Crippen LogP contribution is 2.23. The van der Waals surface area contributed by atoms with Crippen LogP contribution in [0.15, 0.2) is 58.5 Å². The number of hydrogen-bond donors (Lipinski definition) is 3. The molecular weight excluding hydrogens is 442 g/mol. The summed E-state index contributed by atoms with van der Waals surface area (Å²) in [5.74, 6) is 0.826. The molecule has 3 N–H and O–H groups in total. The van der Waals surface area contributed by atoms with E-state index >= 15 is 0 Å². The molecule has 2 aromatic carbocycles. The fourth-order valence-electron chi connectivity index (χ4n) is 3.73. The van der Waals surface area contributed by atoms with E-state index in [9.17, 15) is 9.59 Å². The molecule has 1 amide bonds. The predicted molar refractivity (Wildman–Crippen MR) is 126 cm³/mol. The standard InChI is InChI=1S/C22H23N7O3S/c30-20(23-15-6-7-17-18(12-15)25-21(31)24-17)14-33-22-27-26-19(13-28-8-10-32-11-9-28)29(22)16-4-2-1-3-5-16/h1-7,12H,8-11,13-14H2,(H,23,30)(H2,24,25,31). The zero-order valence-electron chi connectivity index (χ0n) is 17.8. The van der Waals surface area contributed by atoms with Crippen molar-refractivity contribution in [2.24, 2.45) is 0 Å². The molecule has 10 nitrogen and oxygen atoms in total. The molecule has 33 heavy (non-hydrogen) atoms. The van der Waals surface area contributed by atoms with E-state index in [-0.39, 0.29) is 17.3 Å². The summed E-state index contributed by atoms with van der Waals surface area (Å²) in [6.45, 7) is 3.78. The third kappa shape index (κ3) is 5.00. The van der Waals surface area contributed by atoms with Crippen LogP contribution in [0.4, 0.5) is 5.69 Å². The Hall–Kier alpha value is -3.41. The van der Waals surface area contributed by atoms with Gasteiger partial charge in [0.15, 0.2) is 11.0 Å². The highest BCUT2D eigenvalue weighted by molar-refractivity contribution is 7.99. The van der Waals surface area contributed by atoms with Gasteiger partial charge in [-0.3, -0.25) is 14.3 Å². The van der Waals surface area contributed by atoms with Crippen LogP contribution in [0.25, 0.3) is 16.7 Å². The minimum atomic E-state index is -0.280. The molecule has 1 aliphatic rings. The van der Waals surface area contributed by atoms with Gasteiger partial charge in [0.2, 0.25) is 5.91 Å². The Morgan fingerprint density at radius 3 is 2.67 bits per heavy atom. The third-order valence-electron chi connectivity index (χ3n) is 5.32. The summed E-state index contributed by atoms with van der Waals surface area (Å²) in [6, 6.07) is 15.1. The number of nitrogens with one attached hydrogen (secondary N) is 3. The van der Waals surface area contributed by atoms with Gasteiger partial charge in [0.05, 0.1) is 36.5 Å². The van der Waals surface area contributed by atoms with E-state index in [1.165, 1.54) is 11.8 Å². The van der Waals surface area contributed by atoms with Gasteiger partial charge in [0.25, 0.3) is 0 Å². The molecule has 0 saturated carbocycles. The lowest BCUT2D eigenvalue weighted by Gasteiger charge is -2.26. The molecule has 3 heterocycles. The molecular formula is C22H23N7O3S. The molecule has 2 aromatic heterocycles. The lowest BCUT2D eigenvalue weighted by molar-refractivity contribution is -0.113. The number of fused-ring (bicyclic) bond motifs is 1. The number of H-pyrrole nitrogens is 2. The van der Waals surface area contributed by atoms with Crippen LogP contribution >= 0.6 is 11.8 Å². The summed E-state index contributed by atoms with van der Waals surface area (Å²) < 4.78 is 7.45. The number of benzene rings is 2. The molecule has 0 atom stereocenters. The van der Waals surface area contributed by atoms with Crippen LogP contribution in [-0.4, -0.2) is 67.6 Å². The summed E-state index contributed by atoms with van der Waals surface area (Å²) in [6.07, 6.45) is 0. The first-order valence-corrected chi connectivity index (χ1v) is 11.6. The van der Waals surface area contributed by atoms with Crippen LogP contribution in [0, 0.1) is 0 Å². The number of carbonyl (C=O) groups excluding carboxylic acids is 1. The van der Waals surface area contributed by atoms with Crippen LogP contribution in [0.2, 0.25) is 0 Å². The van der Waals surface area contributed by atoms with Crippen molar-refractivity contribution in [2.45, 2.75) is 11.7 Å². The largest absolute Gasteiger partial charge is 0.379 e. The second-order valence-electron chi connectivity index (χ2n) is 7.63. The minimum absolute atomic E-state index is 0.171. The van der Waals surface area contributed by atoms with E-state index < -0.39 is 0 Å². The first-order chi connectivity index (χ1) is 16.2. The number of rotatable bonds is 7. The summed E-state index contributed by atoms with van der Waals surface area (Å²) >= 11 is 1.33. The summed E-state index contributed by atoms with van der Waals surface area (Å²) in [4.78, 5) is 31.7. The molecule has 0 unspecified atom stereocenters. The Morgan fingerprint density at radius 2 is 1.85 bits per heavy atom. The number of amides is 1. The monoisotopic (exact) mass is 465 g/mol. The third-order valence-corrected chi connectivity index (χ3v) is 6.24. The highest BCUT2D eigenvalue weighted by Gasteiger charge is 2.19. The fourth-order valence-corrected chi connectivity index (χ4v) is 4.50. The average Bonchev–Trinajstić information content (AvgIpc) is 3.40. The lowest BCUT2D eigenvalue weighted by Crippen LogP contribution is -2.36. The number of carbonyl (C=O) groups is 1. The van der Waals surface area contributed by atoms with Crippen LogP contribution in [0.5, 0.6) is 0 Å². The summed E-state index contributed by atoms with van der Waals surface area (Å²) in [5.41, 5.74) is 2.62. The number of aromatic nitrogens is 5. The van der Waals surface area contributed by atoms with Gasteiger partial charge in [0, 0.05) is 24.5 Å². The van der Waals surface area contributed by atoms with Gasteiger partial charge in [-0.2, -0.15) is 0 Å². The topological polar surface area (TPSA) is 121 Å². The van der Waals surface area contributed by atoms with E-state index in [0.29, 0.717) is 41.6 Å². The maximum absolute atomic E-state index is 12.6. The van der Waals surface area contributed by atoms with Crippen molar-refractivity contribution < 1.29 is 9.53 Å². The summed E-state index contributed by atoms with van der Waals surface area (Å²) in [5, 5.41) is 12.3. The smallest absolute Gasteiger partial charge is 0.323 e. The number of aromatic amines is 2. The van der Waals surface area contributed by atoms with Crippen LogP contribution in [0.3, 0.4) is 0 Å². The van der Waals surface area contributed by atoms with Gasteiger partial charge in [-0.15, -0.1) is 10.2 Å². The molecule has 0 bridgehead atoms. The quantitative estimate of drug-likeness (QED) is 0.357. The fraction of sp³-hybridized carbons (Fsp3) is 0.273. The molecule has 1 aliphatic heterocycles. The van der Waals surface area contributed by atoms with Gasteiger partial charge < -0.3 is 20.0 Å². The van der Waals surface area contributed by atoms with E-state index in [0.717, 1.165) is 24.6 Å².